The lowest BCUT2D eigenvalue weighted by Crippen LogP contribution is -2.15. The molecule has 4 nitrogen and oxygen atoms in total. The Bertz CT molecular complexity index is 335. The van der Waals surface area contributed by atoms with Crippen molar-refractivity contribution < 1.29 is 17.7 Å². The summed E-state index contributed by atoms with van der Waals surface area (Å²) in [6.45, 7) is 3.90. The molecule has 7 heteroatoms. The minimum Gasteiger partial charge on any atom is -0.338 e. The van der Waals surface area contributed by atoms with E-state index in [0.717, 1.165) is 0 Å². The van der Waals surface area contributed by atoms with Crippen LogP contribution in [0.2, 0.25) is 0 Å². The van der Waals surface area contributed by atoms with Gasteiger partial charge in [0.25, 0.3) is 0 Å². The number of aromatic nitrogens is 2. The zero-order valence-electron chi connectivity index (χ0n) is 9.08. The van der Waals surface area contributed by atoms with Gasteiger partial charge in [-0.25, -0.2) is 0 Å². The predicted octanol–water partition coefficient (Wildman–Crippen LogP) is 2.22. The second-order valence-corrected chi connectivity index (χ2v) is 4.08. The summed E-state index contributed by atoms with van der Waals surface area (Å²) in [6.07, 6.45) is -4.93. The van der Waals surface area contributed by atoms with E-state index in [0.29, 0.717) is 12.3 Å². The fourth-order valence-electron chi connectivity index (χ4n) is 1.28. The molecule has 1 aromatic rings. The molecule has 0 fully saturated rings. The zero-order valence-corrected chi connectivity index (χ0v) is 9.08. The Morgan fingerprint density at radius 3 is 2.50 bits per heavy atom. The first-order valence-electron chi connectivity index (χ1n) is 4.92. The van der Waals surface area contributed by atoms with Gasteiger partial charge >= 0.3 is 6.18 Å². The molecule has 1 rings (SSSR count). The first-order chi connectivity index (χ1) is 7.28. The van der Waals surface area contributed by atoms with Crippen molar-refractivity contribution in [1.29, 1.82) is 0 Å². The van der Waals surface area contributed by atoms with E-state index in [-0.39, 0.29) is 11.7 Å². The third-order valence-corrected chi connectivity index (χ3v) is 1.88. The Labute approximate surface area is 91.0 Å². The molecular weight excluding hydrogens is 223 g/mol. The highest BCUT2D eigenvalue weighted by Crippen LogP contribution is 2.21. The van der Waals surface area contributed by atoms with Gasteiger partial charge in [-0.05, 0) is 12.3 Å². The van der Waals surface area contributed by atoms with Crippen molar-refractivity contribution in [3.8, 4) is 0 Å². The zero-order chi connectivity index (χ0) is 12.3. The fourth-order valence-corrected chi connectivity index (χ4v) is 1.28. The summed E-state index contributed by atoms with van der Waals surface area (Å²) in [6, 6.07) is -0.505. The molecule has 0 aliphatic rings. The van der Waals surface area contributed by atoms with Gasteiger partial charge in [0, 0.05) is 0 Å². The van der Waals surface area contributed by atoms with Crippen LogP contribution >= 0.6 is 0 Å². The first kappa shape index (κ1) is 13.0. The Balaban J connectivity index is 2.64. The van der Waals surface area contributed by atoms with Gasteiger partial charge in [0.2, 0.25) is 5.89 Å². The normalized spacial score (nSPS) is 14.4. The molecule has 16 heavy (non-hydrogen) atoms. The van der Waals surface area contributed by atoms with E-state index >= 15 is 0 Å². The smallest absolute Gasteiger partial charge is 0.338 e. The van der Waals surface area contributed by atoms with Gasteiger partial charge in [0.15, 0.2) is 5.82 Å². The summed E-state index contributed by atoms with van der Waals surface area (Å²) < 4.78 is 40.7. The largest absolute Gasteiger partial charge is 0.396 e. The molecule has 0 saturated carbocycles. The second-order valence-electron chi connectivity index (χ2n) is 4.08. The van der Waals surface area contributed by atoms with E-state index in [2.05, 4.69) is 14.7 Å². The molecule has 0 saturated heterocycles. The molecule has 0 bridgehead atoms. The molecule has 0 aliphatic heterocycles. The Morgan fingerprint density at radius 2 is 2.00 bits per heavy atom. The van der Waals surface area contributed by atoms with Gasteiger partial charge in [-0.15, -0.1) is 0 Å². The Hall–Kier alpha value is -1.11. The van der Waals surface area contributed by atoms with Gasteiger partial charge in [0.1, 0.15) is 6.42 Å². The van der Waals surface area contributed by atoms with Crippen LogP contribution in [0, 0.1) is 5.92 Å². The standard InChI is InChI=1S/C9H14F3N3O/c1-5(2)3-6(13)8-14-7(15-16-8)4-9(10,11)12/h5-6H,3-4,13H2,1-2H3/t6-/m0/s1. The highest BCUT2D eigenvalue weighted by Gasteiger charge is 2.31. The number of alkyl halides is 3. The van der Waals surface area contributed by atoms with Crippen molar-refractivity contribution in [3.63, 3.8) is 0 Å². The van der Waals surface area contributed by atoms with E-state index in [4.69, 9.17) is 5.73 Å². The maximum Gasteiger partial charge on any atom is 0.396 e. The number of hydrogen-bond acceptors (Lipinski definition) is 4. The molecule has 0 amide bonds. The Morgan fingerprint density at radius 1 is 1.38 bits per heavy atom. The van der Waals surface area contributed by atoms with Crippen molar-refractivity contribution in [3.05, 3.63) is 11.7 Å². The molecule has 0 spiro atoms. The van der Waals surface area contributed by atoms with Gasteiger partial charge in [-0.1, -0.05) is 19.0 Å². The minimum atomic E-state index is -4.33. The van der Waals surface area contributed by atoms with Crippen molar-refractivity contribution in [2.75, 3.05) is 0 Å². The molecule has 92 valence electrons. The van der Waals surface area contributed by atoms with Crippen LogP contribution in [0.5, 0.6) is 0 Å². The molecule has 0 aliphatic carbocycles. The Kier molecular flexibility index (Phi) is 3.90. The lowest BCUT2D eigenvalue weighted by Gasteiger charge is -2.08. The van der Waals surface area contributed by atoms with Crippen molar-refractivity contribution >= 4 is 0 Å². The maximum atomic E-state index is 12.0. The minimum absolute atomic E-state index is 0.0629. The molecule has 1 aromatic heterocycles. The monoisotopic (exact) mass is 237 g/mol. The van der Waals surface area contributed by atoms with Crippen molar-refractivity contribution in [2.45, 2.75) is 38.9 Å². The molecule has 0 unspecified atom stereocenters. The highest BCUT2D eigenvalue weighted by molar-refractivity contribution is 4.93. The van der Waals surface area contributed by atoms with Crippen LogP contribution in [0.15, 0.2) is 4.52 Å². The van der Waals surface area contributed by atoms with Crippen LogP contribution in [-0.4, -0.2) is 16.3 Å². The summed E-state index contributed by atoms with van der Waals surface area (Å²) in [4.78, 5) is 3.63. The summed E-state index contributed by atoms with van der Waals surface area (Å²) in [5, 5.41) is 3.24. The average Bonchev–Trinajstić information content (AvgIpc) is 2.48. The number of hydrogen-bond donors (Lipinski definition) is 1. The summed E-state index contributed by atoms with van der Waals surface area (Å²) in [7, 11) is 0. The predicted molar refractivity (Wildman–Crippen MR) is 50.4 cm³/mol. The van der Waals surface area contributed by atoms with E-state index in [1.54, 1.807) is 0 Å². The summed E-state index contributed by atoms with van der Waals surface area (Å²) in [5.74, 6) is 0.00243. The average molecular weight is 237 g/mol. The quantitative estimate of drug-likeness (QED) is 0.872. The molecule has 0 radical (unpaired) electrons. The molecule has 0 aromatic carbocycles. The van der Waals surface area contributed by atoms with Gasteiger partial charge in [-0.3, -0.25) is 0 Å². The molecular formula is C9H14F3N3O. The number of nitrogens with two attached hydrogens (primary N) is 1. The second kappa shape index (κ2) is 4.82. The summed E-state index contributed by atoms with van der Waals surface area (Å²) >= 11 is 0. The van der Waals surface area contributed by atoms with Crippen LogP contribution in [0.25, 0.3) is 0 Å². The molecule has 1 heterocycles. The van der Waals surface area contributed by atoms with Gasteiger partial charge in [-0.2, -0.15) is 18.2 Å². The van der Waals surface area contributed by atoms with E-state index < -0.39 is 18.6 Å². The fraction of sp³-hybridized carbons (Fsp3) is 0.778. The van der Waals surface area contributed by atoms with Gasteiger partial charge in [0.05, 0.1) is 6.04 Å². The van der Waals surface area contributed by atoms with Crippen molar-refractivity contribution in [2.24, 2.45) is 11.7 Å². The van der Waals surface area contributed by atoms with Crippen LogP contribution < -0.4 is 5.73 Å². The van der Waals surface area contributed by atoms with Crippen molar-refractivity contribution in [1.82, 2.24) is 10.1 Å². The SMILES string of the molecule is CC(C)C[C@H](N)c1nc(CC(F)(F)F)no1. The first-order valence-corrected chi connectivity index (χ1v) is 4.92. The lowest BCUT2D eigenvalue weighted by atomic mass is 10.0. The number of halogens is 3. The molecule has 1 atom stereocenters. The van der Waals surface area contributed by atoms with Crippen LogP contribution in [0.3, 0.4) is 0 Å². The van der Waals surface area contributed by atoms with Crippen LogP contribution in [0.1, 0.15) is 38.0 Å². The number of nitrogens with zero attached hydrogens (tertiary/aromatic N) is 2. The third-order valence-electron chi connectivity index (χ3n) is 1.88. The van der Waals surface area contributed by atoms with E-state index in [9.17, 15) is 13.2 Å². The highest BCUT2D eigenvalue weighted by atomic mass is 19.4. The third kappa shape index (κ3) is 4.18. The topological polar surface area (TPSA) is 64.9 Å². The van der Waals surface area contributed by atoms with E-state index in [1.807, 2.05) is 13.8 Å². The maximum absolute atomic E-state index is 12.0. The van der Waals surface area contributed by atoms with Gasteiger partial charge < -0.3 is 10.3 Å². The number of rotatable bonds is 4. The molecule has 2 N–H and O–H groups in total. The van der Waals surface area contributed by atoms with Crippen LogP contribution in [-0.2, 0) is 6.42 Å². The lowest BCUT2D eigenvalue weighted by molar-refractivity contribution is -0.128. The van der Waals surface area contributed by atoms with E-state index in [1.165, 1.54) is 0 Å². The summed E-state index contributed by atoms with van der Waals surface area (Å²) in [5.41, 5.74) is 5.70. The van der Waals surface area contributed by atoms with Crippen LogP contribution in [0.4, 0.5) is 13.2 Å².